The summed E-state index contributed by atoms with van der Waals surface area (Å²) >= 11 is 0. The zero-order valence-electron chi connectivity index (χ0n) is 14.0. The first-order chi connectivity index (χ1) is 11.7. The number of aliphatic hydroxyl groups is 1. The van der Waals surface area contributed by atoms with Crippen LogP contribution in [0.3, 0.4) is 0 Å². The van der Waals surface area contributed by atoms with Crippen molar-refractivity contribution < 1.29 is 9.84 Å². The van der Waals surface area contributed by atoms with Crippen LogP contribution >= 0.6 is 0 Å². The molecule has 1 saturated heterocycles. The number of aryl methyl sites for hydroxylation is 1. The molecular weight excluding hydrogens is 304 g/mol. The van der Waals surface area contributed by atoms with E-state index in [9.17, 15) is 0 Å². The van der Waals surface area contributed by atoms with E-state index in [0.29, 0.717) is 12.4 Å². The summed E-state index contributed by atoms with van der Waals surface area (Å²) in [5.41, 5.74) is 8.08. The van der Waals surface area contributed by atoms with Crippen LogP contribution in [0, 0.1) is 6.92 Å². The Morgan fingerprint density at radius 2 is 2.21 bits per heavy atom. The molecule has 3 N–H and O–H groups in total. The Hall–Kier alpha value is -2.18. The third kappa shape index (κ3) is 4.01. The summed E-state index contributed by atoms with van der Waals surface area (Å²) in [5, 5.41) is 8.88. The minimum atomic E-state index is 0.0207. The van der Waals surface area contributed by atoms with Gasteiger partial charge in [0.1, 0.15) is 24.0 Å². The van der Waals surface area contributed by atoms with Gasteiger partial charge in [-0.05, 0) is 44.0 Å². The third-order valence-corrected chi connectivity index (χ3v) is 4.23. The van der Waals surface area contributed by atoms with Crippen LogP contribution in [-0.4, -0.2) is 39.7 Å². The normalized spacial score (nSPS) is 18.0. The molecule has 2 heterocycles. The van der Waals surface area contributed by atoms with E-state index in [4.69, 9.17) is 15.6 Å². The average molecular weight is 328 g/mol. The lowest BCUT2D eigenvalue weighted by Gasteiger charge is -2.24. The fraction of sp³-hybridized carbons (Fsp3) is 0.444. The average Bonchev–Trinajstić information content (AvgIpc) is 3.00. The highest BCUT2D eigenvalue weighted by Gasteiger charge is 2.27. The minimum absolute atomic E-state index is 0.0207. The van der Waals surface area contributed by atoms with Gasteiger partial charge in [0.2, 0.25) is 0 Å². The van der Waals surface area contributed by atoms with Gasteiger partial charge in [-0.3, -0.25) is 4.90 Å². The van der Waals surface area contributed by atoms with Crippen molar-refractivity contribution >= 4 is 5.82 Å². The number of ether oxygens (including phenoxy) is 1. The molecule has 1 aromatic carbocycles. The van der Waals surface area contributed by atoms with Crippen LogP contribution in [0.25, 0.3) is 0 Å². The standard InChI is InChI=1S/C18H24N4O2/c1-13-20-16(11-18(19)21-13)17-6-3-7-22(17)12-14-4-2-5-15(10-14)24-9-8-23/h2,4-5,10-11,17,23H,3,6-9,12H2,1H3,(H2,19,20,21)/t17-/m0/s1. The fourth-order valence-electron chi connectivity index (χ4n) is 3.27. The summed E-state index contributed by atoms with van der Waals surface area (Å²) in [6.45, 7) is 4.09. The molecule has 1 aliphatic rings. The molecule has 1 aromatic heterocycles. The Morgan fingerprint density at radius 3 is 3.00 bits per heavy atom. The zero-order valence-corrected chi connectivity index (χ0v) is 14.0. The Kier molecular flexibility index (Phi) is 5.27. The predicted octanol–water partition coefficient (Wildman–Crippen LogP) is 2.08. The Labute approximate surface area is 142 Å². The third-order valence-electron chi connectivity index (χ3n) is 4.23. The van der Waals surface area contributed by atoms with Crippen molar-refractivity contribution in [2.45, 2.75) is 32.4 Å². The highest BCUT2D eigenvalue weighted by Crippen LogP contribution is 2.33. The molecule has 128 valence electrons. The smallest absolute Gasteiger partial charge is 0.127 e. The molecule has 1 fully saturated rings. The Balaban J connectivity index is 1.74. The molecule has 0 aliphatic carbocycles. The van der Waals surface area contributed by atoms with Crippen molar-refractivity contribution in [2.24, 2.45) is 0 Å². The van der Waals surface area contributed by atoms with Crippen LogP contribution in [0.4, 0.5) is 5.82 Å². The fourth-order valence-corrected chi connectivity index (χ4v) is 3.27. The van der Waals surface area contributed by atoms with Crippen molar-refractivity contribution in [3.8, 4) is 5.75 Å². The number of aromatic nitrogens is 2. The van der Waals surface area contributed by atoms with Gasteiger partial charge in [0, 0.05) is 12.6 Å². The second kappa shape index (κ2) is 7.59. The summed E-state index contributed by atoms with van der Waals surface area (Å²) in [7, 11) is 0. The number of nitrogens with zero attached hydrogens (tertiary/aromatic N) is 3. The van der Waals surface area contributed by atoms with Crippen LogP contribution in [0.5, 0.6) is 5.75 Å². The largest absolute Gasteiger partial charge is 0.491 e. The van der Waals surface area contributed by atoms with Gasteiger partial charge in [-0.1, -0.05) is 12.1 Å². The van der Waals surface area contributed by atoms with Crippen molar-refractivity contribution in [1.29, 1.82) is 0 Å². The minimum Gasteiger partial charge on any atom is -0.491 e. The van der Waals surface area contributed by atoms with Gasteiger partial charge in [0.25, 0.3) is 0 Å². The number of rotatable bonds is 6. The number of benzene rings is 1. The zero-order chi connectivity index (χ0) is 16.9. The van der Waals surface area contributed by atoms with E-state index < -0.39 is 0 Å². The van der Waals surface area contributed by atoms with Gasteiger partial charge in [-0.2, -0.15) is 0 Å². The van der Waals surface area contributed by atoms with Gasteiger partial charge in [0.15, 0.2) is 0 Å². The summed E-state index contributed by atoms with van der Waals surface area (Å²) in [5.74, 6) is 2.04. The van der Waals surface area contributed by atoms with E-state index in [1.54, 1.807) is 0 Å². The lowest BCUT2D eigenvalue weighted by molar-refractivity contribution is 0.200. The molecule has 0 radical (unpaired) electrons. The van der Waals surface area contributed by atoms with Crippen LogP contribution in [-0.2, 0) is 6.54 Å². The molecule has 0 amide bonds. The number of nitrogen functional groups attached to an aromatic ring is 1. The van der Waals surface area contributed by atoms with E-state index >= 15 is 0 Å². The van der Waals surface area contributed by atoms with E-state index in [1.165, 1.54) is 5.56 Å². The van der Waals surface area contributed by atoms with Gasteiger partial charge < -0.3 is 15.6 Å². The number of likely N-dealkylation sites (tertiary alicyclic amines) is 1. The molecule has 6 heteroatoms. The molecule has 0 spiro atoms. The number of hydrogen-bond donors (Lipinski definition) is 2. The van der Waals surface area contributed by atoms with E-state index in [1.807, 2.05) is 31.2 Å². The molecule has 2 aromatic rings. The molecule has 0 saturated carbocycles. The first-order valence-electron chi connectivity index (χ1n) is 8.33. The summed E-state index contributed by atoms with van der Waals surface area (Å²) in [6.07, 6.45) is 2.23. The number of nitrogens with two attached hydrogens (primary N) is 1. The number of hydrogen-bond acceptors (Lipinski definition) is 6. The number of anilines is 1. The van der Waals surface area contributed by atoms with Gasteiger partial charge in [-0.25, -0.2) is 9.97 Å². The molecule has 3 rings (SSSR count). The van der Waals surface area contributed by atoms with Crippen molar-refractivity contribution in [2.75, 3.05) is 25.5 Å². The Bertz CT molecular complexity index is 672. The van der Waals surface area contributed by atoms with E-state index in [-0.39, 0.29) is 12.6 Å². The molecular formula is C18H24N4O2. The summed E-state index contributed by atoms with van der Waals surface area (Å²) in [4.78, 5) is 11.2. The molecule has 0 bridgehead atoms. The lowest BCUT2D eigenvalue weighted by Crippen LogP contribution is -2.24. The first kappa shape index (κ1) is 16.7. The quantitative estimate of drug-likeness (QED) is 0.844. The van der Waals surface area contributed by atoms with Crippen LogP contribution in [0.15, 0.2) is 30.3 Å². The van der Waals surface area contributed by atoms with Crippen LogP contribution < -0.4 is 10.5 Å². The lowest BCUT2D eigenvalue weighted by atomic mass is 10.1. The van der Waals surface area contributed by atoms with Crippen molar-refractivity contribution in [3.05, 3.63) is 47.4 Å². The van der Waals surface area contributed by atoms with Gasteiger partial charge >= 0.3 is 0 Å². The molecule has 1 aliphatic heterocycles. The van der Waals surface area contributed by atoms with Crippen molar-refractivity contribution in [1.82, 2.24) is 14.9 Å². The van der Waals surface area contributed by atoms with Crippen LogP contribution in [0.1, 0.15) is 36.0 Å². The second-order valence-electron chi connectivity index (χ2n) is 6.11. The summed E-state index contributed by atoms with van der Waals surface area (Å²) in [6, 6.07) is 10.2. The molecule has 6 nitrogen and oxygen atoms in total. The predicted molar refractivity (Wildman–Crippen MR) is 92.6 cm³/mol. The topological polar surface area (TPSA) is 84.5 Å². The maximum atomic E-state index is 8.88. The van der Waals surface area contributed by atoms with E-state index in [0.717, 1.165) is 43.2 Å². The van der Waals surface area contributed by atoms with Crippen molar-refractivity contribution in [3.63, 3.8) is 0 Å². The maximum Gasteiger partial charge on any atom is 0.127 e. The highest BCUT2D eigenvalue weighted by atomic mass is 16.5. The maximum absolute atomic E-state index is 8.88. The molecule has 0 unspecified atom stereocenters. The van der Waals surface area contributed by atoms with Gasteiger partial charge in [0.05, 0.1) is 18.3 Å². The van der Waals surface area contributed by atoms with Crippen LogP contribution in [0.2, 0.25) is 0 Å². The second-order valence-corrected chi connectivity index (χ2v) is 6.11. The molecule has 1 atom stereocenters. The number of aliphatic hydroxyl groups excluding tert-OH is 1. The SMILES string of the molecule is Cc1nc(N)cc([C@@H]2CCCN2Cc2cccc(OCCO)c2)n1. The monoisotopic (exact) mass is 328 g/mol. The highest BCUT2D eigenvalue weighted by molar-refractivity contribution is 5.32. The van der Waals surface area contributed by atoms with E-state index in [2.05, 4.69) is 20.9 Å². The summed E-state index contributed by atoms with van der Waals surface area (Å²) < 4.78 is 5.50. The molecule has 24 heavy (non-hydrogen) atoms. The Morgan fingerprint density at radius 1 is 1.33 bits per heavy atom. The van der Waals surface area contributed by atoms with Gasteiger partial charge in [-0.15, -0.1) is 0 Å². The first-order valence-corrected chi connectivity index (χ1v) is 8.33.